The van der Waals surface area contributed by atoms with Gasteiger partial charge in [-0.2, -0.15) is 0 Å². The number of nitro benzene ring substituents is 1. The van der Waals surface area contributed by atoms with Gasteiger partial charge in [0.2, 0.25) is 0 Å². The van der Waals surface area contributed by atoms with Gasteiger partial charge in [0.15, 0.2) is 0 Å². The predicted octanol–water partition coefficient (Wildman–Crippen LogP) is 5.35. The van der Waals surface area contributed by atoms with E-state index in [0.717, 1.165) is 42.9 Å². The Kier molecular flexibility index (Phi) is 4.92. The molecule has 0 aromatic heterocycles. The molecule has 0 amide bonds. The van der Waals surface area contributed by atoms with Crippen molar-refractivity contribution in [2.24, 2.45) is 0 Å². The fourth-order valence-corrected chi connectivity index (χ4v) is 3.73. The van der Waals surface area contributed by atoms with Crippen LogP contribution in [0.4, 0.5) is 17.1 Å². The zero-order valence-electron chi connectivity index (χ0n) is 15.2. The molecule has 3 aromatic rings. The number of hydrogen-bond acceptors (Lipinski definition) is 4. The fourth-order valence-electron chi connectivity index (χ4n) is 3.73. The average Bonchev–Trinajstić information content (AvgIpc) is 2.72. The summed E-state index contributed by atoms with van der Waals surface area (Å²) in [5.74, 6) is 0. The van der Waals surface area contributed by atoms with Crippen LogP contribution in [0.25, 0.3) is 10.8 Å². The minimum Gasteiger partial charge on any atom is -0.381 e. The fraction of sp³-hybridized carbons (Fsp3) is 0.273. The highest BCUT2D eigenvalue weighted by Gasteiger charge is 2.21. The Balaban J connectivity index is 1.52. The quantitative estimate of drug-likeness (QED) is 0.491. The number of nitro groups is 1. The van der Waals surface area contributed by atoms with E-state index < -0.39 is 0 Å². The first-order chi connectivity index (χ1) is 13.2. The van der Waals surface area contributed by atoms with Gasteiger partial charge in [-0.1, -0.05) is 36.4 Å². The lowest BCUT2D eigenvalue weighted by Crippen LogP contribution is -2.30. The second-order valence-corrected chi connectivity index (χ2v) is 7.04. The smallest absolute Gasteiger partial charge is 0.292 e. The van der Waals surface area contributed by atoms with Crippen LogP contribution in [0.5, 0.6) is 0 Å². The molecule has 0 atom stereocenters. The summed E-state index contributed by atoms with van der Waals surface area (Å²) < 4.78 is 0. The topological polar surface area (TPSA) is 58.4 Å². The minimum atomic E-state index is -0.260. The average molecular weight is 361 g/mol. The molecule has 1 saturated heterocycles. The molecule has 5 heteroatoms. The zero-order valence-corrected chi connectivity index (χ0v) is 15.2. The minimum absolute atomic E-state index is 0.203. The summed E-state index contributed by atoms with van der Waals surface area (Å²) in [4.78, 5) is 13.5. The summed E-state index contributed by atoms with van der Waals surface area (Å²) in [6.07, 6.45) is 3.41. The summed E-state index contributed by atoms with van der Waals surface area (Å²) in [6, 6.07) is 20.0. The van der Waals surface area contributed by atoms with Gasteiger partial charge in [0.25, 0.3) is 5.69 Å². The molecule has 1 fully saturated rings. The summed E-state index contributed by atoms with van der Waals surface area (Å²) >= 11 is 0. The Bertz CT molecular complexity index is 965. The van der Waals surface area contributed by atoms with Crippen LogP contribution >= 0.6 is 0 Å². The van der Waals surface area contributed by atoms with Gasteiger partial charge in [0.1, 0.15) is 5.69 Å². The van der Waals surface area contributed by atoms with Crippen molar-refractivity contribution in [2.45, 2.75) is 25.8 Å². The number of rotatable bonds is 5. The van der Waals surface area contributed by atoms with E-state index in [1.165, 1.54) is 17.2 Å². The lowest BCUT2D eigenvalue weighted by molar-refractivity contribution is -0.384. The van der Waals surface area contributed by atoms with Crippen molar-refractivity contribution >= 4 is 27.8 Å². The number of anilines is 2. The molecule has 1 aliphatic heterocycles. The van der Waals surface area contributed by atoms with Gasteiger partial charge in [-0.15, -0.1) is 0 Å². The van der Waals surface area contributed by atoms with Gasteiger partial charge in [0, 0.05) is 31.4 Å². The summed E-state index contributed by atoms with van der Waals surface area (Å²) in [5.41, 5.74) is 2.87. The highest BCUT2D eigenvalue weighted by Crippen LogP contribution is 2.31. The molecule has 1 aliphatic rings. The maximum absolute atomic E-state index is 11.6. The third kappa shape index (κ3) is 3.87. The van der Waals surface area contributed by atoms with Crippen molar-refractivity contribution in [1.29, 1.82) is 0 Å². The van der Waals surface area contributed by atoms with Crippen LogP contribution in [0.1, 0.15) is 24.8 Å². The van der Waals surface area contributed by atoms with Gasteiger partial charge in [0.05, 0.1) is 4.92 Å². The van der Waals surface area contributed by atoms with Crippen LogP contribution in [0.2, 0.25) is 0 Å². The molecule has 3 aromatic carbocycles. The number of nitrogens with zero attached hydrogens (tertiary/aromatic N) is 2. The Morgan fingerprint density at radius 1 is 0.926 bits per heavy atom. The maximum Gasteiger partial charge on any atom is 0.292 e. The van der Waals surface area contributed by atoms with E-state index in [-0.39, 0.29) is 10.6 Å². The van der Waals surface area contributed by atoms with Crippen molar-refractivity contribution in [2.75, 3.05) is 23.3 Å². The van der Waals surface area contributed by atoms with Crippen LogP contribution in [-0.4, -0.2) is 18.0 Å². The van der Waals surface area contributed by atoms with E-state index in [1.54, 1.807) is 6.07 Å². The van der Waals surface area contributed by atoms with E-state index in [1.807, 2.05) is 30.3 Å². The van der Waals surface area contributed by atoms with Crippen molar-refractivity contribution in [3.8, 4) is 0 Å². The highest BCUT2D eigenvalue weighted by molar-refractivity contribution is 5.85. The van der Waals surface area contributed by atoms with Crippen molar-refractivity contribution in [3.05, 3.63) is 76.3 Å². The molecule has 0 bridgehead atoms. The molecular formula is C22H23N3O2. The molecule has 0 aliphatic carbocycles. The molecule has 0 unspecified atom stereocenters. The maximum atomic E-state index is 11.6. The number of piperidine rings is 1. The molecule has 138 valence electrons. The van der Waals surface area contributed by atoms with E-state index in [4.69, 9.17) is 0 Å². The number of nitrogens with one attached hydrogen (secondary N) is 1. The number of fused-ring (bicyclic) bond motifs is 1. The Morgan fingerprint density at radius 3 is 2.48 bits per heavy atom. The van der Waals surface area contributed by atoms with Gasteiger partial charge in [-0.05, 0) is 53.8 Å². The normalized spacial score (nSPS) is 14.3. The Hall–Kier alpha value is -3.08. The molecule has 1 heterocycles. The first kappa shape index (κ1) is 17.3. The van der Waals surface area contributed by atoms with Crippen molar-refractivity contribution in [1.82, 2.24) is 0 Å². The number of hydrogen-bond donors (Lipinski definition) is 1. The molecule has 0 saturated carbocycles. The largest absolute Gasteiger partial charge is 0.381 e. The molecule has 1 N–H and O–H groups in total. The lowest BCUT2D eigenvalue weighted by atomic mass is 10.1. The van der Waals surface area contributed by atoms with E-state index in [2.05, 4.69) is 34.5 Å². The third-order valence-electron chi connectivity index (χ3n) is 5.18. The van der Waals surface area contributed by atoms with Crippen LogP contribution in [0.15, 0.2) is 60.7 Å². The zero-order chi connectivity index (χ0) is 18.6. The summed E-state index contributed by atoms with van der Waals surface area (Å²) in [6.45, 7) is 2.35. The second-order valence-electron chi connectivity index (χ2n) is 7.04. The van der Waals surface area contributed by atoms with Crippen molar-refractivity contribution in [3.63, 3.8) is 0 Å². The molecule has 0 radical (unpaired) electrons. The first-order valence-electron chi connectivity index (χ1n) is 9.46. The van der Waals surface area contributed by atoms with Gasteiger partial charge in [-0.3, -0.25) is 10.1 Å². The third-order valence-corrected chi connectivity index (χ3v) is 5.18. The highest BCUT2D eigenvalue weighted by atomic mass is 16.6. The lowest BCUT2D eigenvalue weighted by Gasteiger charge is -2.28. The molecule has 27 heavy (non-hydrogen) atoms. The van der Waals surface area contributed by atoms with Gasteiger partial charge >= 0.3 is 0 Å². The Morgan fingerprint density at radius 2 is 1.70 bits per heavy atom. The summed E-state index contributed by atoms with van der Waals surface area (Å²) in [5, 5.41) is 17.4. The summed E-state index contributed by atoms with van der Waals surface area (Å²) in [7, 11) is 0. The number of benzene rings is 3. The van der Waals surface area contributed by atoms with Crippen LogP contribution in [0, 0.1) is 10.1 Å². The van der Waals surface area contributed by atoms with Crippen LogP contribution < -0.4 is 10.2 Å². The SMILES string of the molecule is O=[N+]([O-])c1cc(CNc2ccc3ccccc3c2)ccc1N1CCCCC1. The van der Waals surface area contributed by atoms with Gasteiger partial charge in [-0.25, -0.2) is 0 Å². The second kappa shape index (κ2) is 7.66. The Labute approximate surface area is 158 Å². The van der Waals surface area contributed by atoms with Gasteiger partial charge < -0.3 is 10.2 Å². The molecule has 5 nitrogen and oxygen atoms in total. The predicted molar refractivity (Wildman–Crippen MR) is 110 cm³/mol. The van der Waals surface area contributed by atoms with E-state index in [9.17, 15) is 10.1 Å². The van der Waals surface area contributed by atoms with Crippen molar-refractivity contribution < 1.29 is 4.92 Å². The first-order valence-corrected chi connectivity index (χ1v) is 9.46. The monoisotopic (exact) mass is 361 g/mol. The molecular weight excluding hydrogens is 338 g/mol. The van der Waals surface area contributed by atoms with Crippen LogP contribution in [-0.2, 0) is 6.54 Å². The molecule has 4 rings (SSSR count). The molecule has 0 spiro atoms. The van der Waals surface area contributed by atoms with Crippen LogP contribution in [0.3, 0.4) is 0 Å². The van der Waals surface area contributed by atoms with E-state index >= 15 is 0 Å². The standard InChI is InChI=1S/C22H23N3O2/c26-25(27)22-14-17(8-11-21(22)24-12-4-1-5-13-24)16-23-20-10-9-18-6-2-3-7-19(18)15-20/h2-3,6-11,14-15,23H,1,4-5,12-13,16H2. The van der Waals surface area contributed by atoms with E-state index in [0.29, 0.717) is 6.54 Å².